The van der Waals surface area contributed by atoms with Crippen LogP contribution in [0.2, 0.25) is 0 Å². The molecule has 3 aromatic carbocycles. The van der Waals surface area contributed by atoms with E-state index in [4.69, 9.17) is 4.74 Å². The first-order valence-electron chi connectivity index (χ1n) is 14.4. The Balaban J connectivity index is 1.88. The number of nitrogens with one attached hydrogen (secondary N) is 1. The molecule has 0 aliphatic heterocycles. The lowest BCUT2D eigenvalue weighted by molar-refractivity contribution is -0.141. The zero-order valence-corrected chi connectivity index (χ0v) is 25.9. The summed E-state index contributed by atoms with van der Waals surface area (Å²) in [7, 11) is -2.15. The maximum absolute atomic E-state index is 13.9. The van der Waals surface area contributed by atoms with Gasteiger partial charge in [0.15, 0.2) is 0 Å². The van der Waals surface area contributed by atoms with Crippen LogP contribution in [0.4, 0.5) is 5.69 Å². The van der Waals surface area contributed by atoms with Gasteiger partial charge < -0.3 is 15.0 Å². The molecule has 0 aliphatic carbocycles. The van der Waals surface area contributed by atoms with Crippen LogP contribution in [-0.4, -0.2) is 57.6 Å². The summed E-state index contributed by atoms with van der Waals surface area (Å²) in [6.45, 7) is 4.96. The predicted octanol–water partition coefficient (Wildman–Crippen LogP) is 5.11. The Hall–Kier alpha value is -3.85. The summed E-state index contributed by atoms with van der Waals surface area (Å²) in [4.78, 5) is 29.1. The van der Waals surface area contributed by atoms with Crippen molar-refractivity contribution in [2.75, 3.05) is 30.8 Å². The molecular formula is C33H43N3O5S. The van der Waals surface area contributed by atoms with Crippen molar-refractivity contribution in [2.45, 2.75) is 58.5 Å². The second-order valence-corrected chi connectivity index (χ2v) is 12.4. The summed E-state index contributed by atoms with van der Waals surface area (Å²) in [6, 6.07) is 23.8. The lowest BCUT2D eigenvalue weighted by Crippen LogP contribution is -2.50. The Bertz CT molecular complexity index is 1390. The Labute approximate surface area is 250 Å². The molecule has 2 amide bonds. The Morgan fingerprint density at radius 3 is 2.21 bits per heavy atom. The zero-order valence-electron chi connectivity index (χ0n) is 25.1. The van der Waals surface area contributed by atoms with Gasteiger partial charge in [-0.05, 0) is 43.0 Å². The highest BCUT2D eigenvalue weighted by Gasteiger charge is 2.30. The molecule has 0 aliphatic rings. The number of carbonyl (C=O) groups excluding carboxylic acids is 2. The number of para-hydroxylation sites is 2. The van der Waals surface area contributed by atoms with Gasteiger partial charge in [-0.2, -0.15) is 0 Å². The van der Waals surface area contributed by atoms with E-state index in [0.717, 1.165) is 35.8 Å². The van der Waals surface area contributed by atoms with E-state index in [-0.39, 0.29) is 37.7 Å². The molecule has 0 unspecified atom stereocenters. The van der Waals surface area contributed by atoms with Crippen LogP contribution in [0.5, 0.6) is 5.75 Å². The largest absolute Gasteiger partial charge is 0.495 e. The van der Waals surface area contributed by atoms with Gasteiger partial charge in [-0.15, -0.1) is 0 Å². The maximum Gasteiger partial charge on any atom is 0.243 e. The average Bonchev–Trinajstić information content (AvgIpc) is 2.98. The molecule has 0 heterocycles. The van der Waals surface area contributed by atoms with Crippen LogP contribution in [0.1, 0.15) is 49.3 Å². The van der Waals surface area contributed by atoms with E-state index in [1.807, 2.05) is 61.5 Å². The molecule has 0 saturated heterocycles. The fraction of sp³-hybridized carbons (Fsp3) is 0.394. The van der Waals surface area contributed by atoms with Gasteiger partial charge in [-0.1, -0.05) is 85.6 Å². The first-order valence-corrected chi connectivity index (χ1v) is 16.3. The topological polar surface area (TPSA) is 96.0 Å². The summed E-state index contributed by atoms with van der Waals surface area (Å²) in [6.07, 6.45) is 3.64. The van der Waals surface area contributed by atoms with E-state index >= 15 is 0 Å². The number of hydrogen-bond donors (Lipinski definition) is 1. The quantitative estimate of drug-likeness (QED) is 0.233. The molecule has 0 spiro atoms. The molecule has 226 valence electrons. The van der Waals surface area contributed by atoms with E-state index in [9.17, 15) is 18.0 Å². The molecule has 0 aromatic heterocycles. The number of unbranched alkanes of at least 4 members (excludes halogenated alkanes) is 1. The van der Waals surface area contributed by atoms with Crippen molar-refractivity contribution in [1.82, 2.24) is 10.2 Å². The summed E-state index contributed by atoms with van der Waals surface area (Å²) < 4.78 is 32.1. The number of amides is 2. The number of methoxy groups -OCH3 is 1. The van der Waals surface area contributed by atoms with Gasteiger partial charge in [0.1, 0.15) is 11.8 Å². The van der Waals surface area contributed by atoms with Gasteiger partial charge in [0.25, 0.3) is 0 Å². The van der Waals surface area contributed by atoms with Gasteiger partial charge in [0.2, 0.25) is 21.8 Å². The van der Waals surface area contributed by atoms with E-state index in [2.05, 4.69) is 12.2 Å². The molecule has 9 heteroatoms. The SMILES string of the molecule is CCCCNC(=O)[C@@H](Cc1ccccc1)N(Cc1ccc(C)cc1)C(=O)CCCN(c1ccccc1OC)S(C)(=O)=O. The van der Waals surface area contributed by atoms with Crippen LogP contribution >= 0.6 is 0 Å². The van der Waals surface area contributed by atoms with Gasteiger partial charge in [-0.25, -0.2) is 8.42 Å². The van der Waals surface area contributed by atoms with Crippen molar-refractivity contribution in [3.63, 3.8) is 0 Å². The minimum Gasteiger partial charge on any atom is -0.495 e. The molecule has 42 heavy (non-hydrogen) atoms. The molecule has 0 fully saturated rings. The number of nitrogens with zero attached hydrogens (tertiary/aromatic N) is 2. The highest BCUT2D eigenvalue weighted by Crippen LogP contribution is 2.30. The van der Waals surface area contributed by atoms with E-state index in [1.54, 1.807) is 29.2 Å². The number of aryl methyl sites for hydroxylation is 1. The number of rotatable bonds is 16. The van der Waals surface area contributed by atoms with Crippen LogP contribution in [0.25, 0.3) is 0 Å². The van der Waals surface area contributed by atoms with Gasteiger partial charge >= 0.3 is 0 Å². The van der Waals surface area contributed by atoms with Crippen LogP contribution < -0.4 is 14.4 Å². The molecule has 0 bridgehead atoms. The van der Waals surface area contributed by atoms with Crippen molar-refractivity contribution >= 4 is 27.5 Å². The van der Waals surface area contributed by atoms with Crippen molar-refractivity contribution < 1.29 is 22.7 Å². The van der Waals surface area contributed by atoms with Crippen LogP contribution in [-0.2, 0) is 32.6 Å². The second kappa shape index (κ2) is 16.0. The van der Waals surface area contributed by atoms with Gasteiger partial charge in [-0.3, -0.25) is 13.9 Å². The third-order valence-corrected chi connectivity index (χ3v) is 8.26. The summed E-state index contributed by atoms with van der Waals surface area (Å²) in [5.41, 5.74) is 3.39. The molecule has 1 atom stereocenters. The average molecular weight is 594 g/mol. The lowest BCUT2D eigenvalue weighted by atomic mass is 10.0. The van der Waals surface area contributed by atoms with E-state index < -0.39 is 16.1 Å². The van der Waals surface area contributed by atoms with Crippen molar-refractivity contribution in [3.8, 4) is 5.75 Å². The highest BCUT2D eigenvalue weighted by molar-refractivity contribution is 7.92. The normalized spacial score (nSPS) is 11.9. The molecule has 3 rings (SSSR count). The van der Waals surface area contributed by atoms with E-state index in [0.29, 0.717) is 24.4 Å². The summed E-state index contributed by atoms with van der Waals surface area (Å²) in [5, 5.41) is 3.03. The van der Waals surface area contributed by atoms with Crippen molar-refractivity contribution in [2.24, 2.45) is 0 Å². The van der Waals surface area contributed by atoms with Crippen molar-refractivity contribution in [1.29, 1.82) is 0 Å². The summed E-state index contributed by atoms with van der Waals surface area (Å²) in [5.74, 6) is 0.0251. The molecule has 3 aromatic rings. The maximum atomic E-state index is 13.9. The lowest BCUT2D eigenvalue weighted by Gasteiger charge is -2.32. The number of anilines is 1. The second-order valence-electron chi connectivity index (χ2n) is 10.5. The Morgan fingerprint density at radius 1 is 0.905 bits per heavy atom. The van der Waals surface area contributed by atoms with Crippen LogP contribution in [0.15, 0.2) is 78.9 Å². The Morgan fingerprint density at radius 2 is 1.57 bits per heavy atom. The van der Waals surface area contributed by atoms with Gasteiger partial charge in [0.05, 0.1) is 19.1 Å². The monoisotopic (exact) mass is 593 g/mol. The third kappa shape index (κ3) is 9.62. The molecule has 1 N–H and O–H groups in total. The highest BCUT2D eigenvalue weighted by atomic mass is 32.2. The molecule has 8 nitrogen and oxygen atoms in total. The van der Waals surface area contributed by atoms with E-state index in [1.165, 1.54) is 11.4 Å². The van der Waals surface area contributed by atoms with Crippen LogP contribution in [0, 0.1) is 6.92 Å². The fourth-order valence-corrected chi connectivity index (χ4v) is 5.74. The fourth-order valence-electron chi connectivity index (χ4n) is 4.77. The van der Waals surface area contributed by atoms with Crippen LogP contribution in [0.3, 0.4) is 0 Å². The number of hydrogen-bond acceptors (Lipinski definition) is 5. The molecule has 0 radical (unpaired) electrons. The smallest absolute Gasteiger partial charge is 0.243 e. The predicted molar refractivity (Wildman–Crippen MR) is 168 cm³/mol. The first kappa shape index (κ1) is 32.7. The third-order valence-electron chi connectivity index (χ3n) is 7.08. The number of carbonyl (C=O) groups is 2. The number of ether oxygens (including phenoxy) is 1. The minimum atomic E-state index is -3.64. The first-order chi connectivity index (χ1) is 20.1. The molecule has 0 saturated carbocycles. The van der Waals surface area contributed by atoms with Crippen molar-refractivity contribution in [3.05, 3.63) is 95.6 Å². The number of sulfonamides is 1. The minimum absolute atomic E-state index is 0.0700. The number of benzene rings is 3. The zero-order chi connectivity index (χ0) is 30.5. The molecular weight excluding hydrogens is 550 g/mol. The van der Waals surface area contributed by atoms with Gasteiger partial charge in [0, 0.05) is 32.5 Å². The Kier molecular flexibility index (Phi) is 12.4. The summed E-state index contributed by atoms with van der Waals surface area (Å²) >= 11 is 0. The standard InChI is InChI=1S/C33H43N3O5S/c1-5-6-22-34-33(38)30(24-27-13-8-7-9-14-27)35(25-28-20-18-26(2)19-21-28)32(37)17-12-23-36(42(4,39)40)29-15-10-11-16-31(29)41-3/h7-11,13-16,18-21,30H,5-6,12,17,22-25H2,1-4H3,(H,34,38)/t30-/m1/s1.